The van der Waals surface area contributed by atoms with Crippen LogP contribution in [0.2, 0.25) is 0 Å². The summed E-state index contributed by atoms with van der Waals surface area (Å²) in [5, 5.41) is 0.359. The summed E-state index contributed by atoms with van der Waals surface area (Å²) in [6, 6.07) is 11.8. The fourth-order valence-corrected chi connectivity index (χ4v) is 11.2. The van der Waals surface area contributed by atoms with Crippen molar-refractivity contribution in [1.82, 2.24) is 0 Å². The van der Waals surface area contributed by atoms with Gasteiger partial charge in [-0.15, -0.1) is 18.5 Å². The minimum Gasteiger partial charge on any atom is -0.353 e. The molecule has 3 heteroatoms. The molecule has 0 aliphatic heterocycles. The fraction of sp³-hybridized carbons (Fsp3) is 0.812. The van der Waals surface area contributed by atoms with Crippen LogP contribution in [-0.4, -0.2) is 10.6 Å². The summed E-state index contributed by atoms with van der Waals surface area (Å²) in [4.78, 5) is 3.15. The van der Waals surface area contributed by atoms with Crippen molar-refractivity contribution in [2.75, 3.05) is 4.90 Å². The van der Waals surface area contributed by atoms with Crippen molar-refractivity contribution in [3.8, 4) is 0 Å². The van der Waals surface area contributed by atoms with Crippen LogP contribution >= 0.6 is 18.5 Å². The summed E-state index contributed by atoms with van der Waals surface area (Å²) >= 11 is 0. The van der Waals surface area contributed by atoms with Crippen molar-refractivity contribution < 1.29 is 0 Å². The first-order chi connectivity index (χ1) is 17.1. The molecule has 0 aromatic heterocycles. The Morgan fingerprint density at radius 2 is 0.743 bits per heavy atom. The smallest absolute Gasteiger partial charge is 0.0605 e. The number of hydrogen-bond donors (Lipinski definition) is 0. The highest BCUT2D eigenvalue weighted by atomic mass is 31.0. The summed E-state index contributed by atoms with van der Waals surface area (Å²) in [7, 11) is 7.36. The number of nitrogens with zero attached hydrogens (tertiary/aromatic N) is 1. The van der Waals surface area contributed by atoms with Gasteiger partial charge < -0.3 is 4.90 Å². The topological polar surface area (TPSA) is 3.24 Å². The third-order valence-electron chi connectivity index (χ3n) is 10.8. The first-order valence-electron chi connectivity index (χ1n) is 15.6. The molecular formula is C32H53NP2. The standard InChI is InChI=1S/C32H53NP2/c34-31(26-16-6-1-7-17-26,27-18-8-2-9-19-27)33(30-24-14-5-15-25-30)32(35,28-20-10-3-11-21-28)29-22-12-4-13-23-29/h5,14-15,24-29H,1-4,6-13,16-23,34-35H2. The highest BCUT2D eigenvalue weighted by molar-refractivity contribution is 7.21. The van der Waals surface area contributed by atoms with Gasteiger partial charge in [-0.05, 0) is 87.2 Å². The van der Waals surface area contributed by atoms with Crippen LogP contribution in [0.5, 0.6) is 0 Å². The summed E-state index contributed by atoms with van der Waals surface area (Å²) in [5.74, 6) is 3.21. The SMILES string of the molecule is PC(C1CCCCC1)(C1CCCCC1)N(c1ccccc1)C(P)(C1CCCCC1)C1CCCCC1. The van der Waals surface area contributed by atoms with Crippen LogP contribution < -0.4 is 4.90 Å². The lowest BCUT2D eigenvalue weighted by atomic mass is 9.67. The highest BCUT2D eigenvalue weighted by Gasteiger charge is 2.56. The molecule has 4 aliphatic rings. The van der Waals surface area contributed by atoms with Crippen LogP contribution in [0.15, 0.2) is 30.3 Å². The molecule has 1 aromatic carbocycles. The van der Waals surface area contributed by atoms with Gasteiger partial charge in [0, 0.05) is 5.69 Å². The van der Waals surface area contributed by atoms with Crippen molar-refractivity contribution in [3.05, 3.63) is 30.3 Å². The molecule has 35 heavy (non-hydrogen) atoms. The van der Waals surface area contributed by atoms with E-state index >= 15 is 0 Å². The van der Waals surface area contributed by atoms with E-state index in [1.807, 2.05) is 0 Å². The van der Waals surface area contributed by atoms with Gasteiger partial charge in [0.1, 0.15) is 0 Å². The second-order valence-electron chi connectivity index (χ2n) is 12.8. The molecule has 0 spiro atoms. The van der Waals surface area contributed by atoms with Gasteiger partial charge in [0.05, 0.1) is 10.6 Å². The van der Waals surface area contributed by atoms with E-state index in [0.717, 1.165) is 23.7 Å². The number of anilines is 1. The Labute approximate surface area is 221 Å². The van der Waals surface area contributed by atoms with E-state index in [4.69, 9.17) is 0 Å². The zero-order chi connectivity index (χ0) is 24.1. The Hall–Kier alpha value is -0.120. The molecule has 0 amide bonds. The molecule has 0 heterocycles. The van der Waals surface area contributed by atoms with Crippen molar-refractivity contribution >= 4 is 24.2 Å². The number of para-hydroxylation sites is 1. The van der Waals surface area contributed by atoms with Crippen molar-refractivity contribution in [2.24, 2.45) is 23.7 Å². The maximum atomic E-state index is 3.68. The third kappa shape index (κ3) is 5.40. The van der Waals surface area contributed by atoms with Crippen LogP contribution in [0.1, 0.15) is 128 Å². The largest absolute Gasteiger partial charge is 0.353 e. The zero-order valence-corrected chi connectivity index (χ0v) is 24.7. The van der Waals surface area contributed by atoms with Crippen LogP contribution in [0.3, 0.4) is 0 Å². The van der Waals surface area contributed by atoms with Gasteiger partial charge in [0.2, 0.25) is 0 Å². The van der Waals surface area contributed by atoms with Crippen LogP contribution in [0, 0.1) is 23.7 Å². The predicted molar refractivity (Wildman–Crippen MR) is 160 cm³/mol. The van der Waals surface area contributed by atoms with Gasteiger partial charge in [0.25, 0.3) is 0 Å². The first-order valence-corrected chi connectivity index (χ1v) is 16.7. The molecule has 2 atom stereocenters. The van der Waals surface area contributed by atoms with E-state index in [2.05, 4.69) is 53.7 Å². The minimum absolute atomic E-state index is 0.179. The van der Waals surface area contributed by atoms with Gasteiger partial charge in [-0.3, -0.25) is 0 Å². The van der Waals surface area contributed by atoms with Gasteiger partial charge >= 0.3 is 0 Å². The van der Waals surface area contributed by atoms with E-state index in [-0.39, 0.29) is 10.6 Å². The Kier molecular flexibility index (Phi) is 9.20. The lowest BCUT2D eigenvalue weighted by Crippen LogP contribution is -2.67. The molecule has 1 nitrogen and oxygen atoms in total. The summed E-state index contributed by atoms with van der Waals surface area (Å²) in [6.45, 7) is 0. The maximum Gasteiger partial charge on any atom is 0.0605 e. The predicted octanol–water partition coefficient (Wildman–Crippen LogP) is 9.96. The molecule has 1 aromatic rings. The van der Waals surface area contributed by atoms with E-state index in [1.165, 1.54) is 134 Å². The maximum absolute atomic E-state index is 3.68. The molecule has 0 radical (unpaired) electrons. The second kappa shape index (κ2) is 12.2. The molecule has 4 fully saturated rings. The first kappa shape index (κ1) is 26.5. The second-order valence-corrected chi connectivity index (χ2v) is 14.6. The van der Waals surface area contributed by atoms with Crippen molar-refractivity contribution in [3.63, 3.8) is 0 Å². The lowest BCUT2D eigenvalue weighted by molar-refractivity contribution is 0.101. The average molecular weight is 514 g/mol. The van der Waals surface area contributed by atoms with Crippen LogP contribution in [0.4, 0.5) is 5.69 Å². The summed E-state index contributed by atoms with van der Waals surface area (Å²) < 4.78 is 0. The third-order valence-corrected chi connectivity index (χ3v) is 13.2. The molecule has 196 valence electrons. The van der Waals surface area contributed by atoms with Gasteiger partial charge in [-0.2, -0.15) is 0 Å². The molecule has 0 N–H and O–H groups in total. The Morgan fingerprint density at radius 3 is 1.03 bits per heavy atom. The monoisotopic (exact) mass is 513 g/mol. The average Bonchev–Trinajstić information content (AvgIpc) is 2.95. The van der Waals surface area contributed by atoms with E-state index in [0.29, 0.717) is 0 Å². The summed E-state index contributed by atoms with van der Waals surface area (Å²) in [6.07, 6.45) is 28.7. The molecule has 0 saturated heterocycles. The van der Waals surface area contributed by atoms with Crippen LogP contribution in [-0.2, 0) is 0 Å². The van der Waals surface area contributed by atoms with Gasteiger partial charge in [-0.25, -0.2) is 0 Å². The van der Waals surface area contributed by atoms with Crippen molar-refractivity contribution in [2.45, 2.75) is 139 Å². The lowest BCUT2D eigenvalue weighted by Gasteiger charge is -2.64. The van der Waals surface area contributed by atoms with E-state index in [1.54, 1.807) is 0 Å². The normalized spacial score (nSPS) is 25.0. The highest BCUT2D eigenvalue weighted by Crippen LogP contribution is 2.60. The fourth-order valence-electron chi connectivity index (χ4n) is 9.02. The molecule has 5 rings (SSSR count). The Balaban J connectivity index is 1.67. The number of benzene rings is 1. The Morgan fingerprint density at radius 1 is 0.457 bits per heavy atom. The molecule has 4 saturated carbocycles. The molecular weight excluding hydrogens is 460 g/mol. The van der Waals surface area contributed by atoms with Crippen molar-refractivity contribution in [1.29, 1.82) is 0 Å². The quantitative estimate of drug-likeness (QED) is 0.328. The Bertz CT molecular complexity index is 673. The number of rotatable bonds is 7. The van der Waals surface area contributed by atoms with Crippen LogP contribution in [0.25, 0.3) is 0 Å². The number of hydrogen-bond acceptors (Lipinski definition) is 1. The summed E-state index contributed by atoms with van der Waals surface area (Å²) in [5.41, 5.74) is 1.52. The van der Waals surface area contributed by atoms with E-state index < -0.39 is 0 Å². The zero-order valence-electron chi connectivity index (χ0n) is 22.4. The molecule has 2 unspecified atom stereocenters. The van der Waals surface area contributed by atoms with E-state index in [9.17, 15) is 0 Å². The molecule has 4 aliphatic carbocycles. The van der Waals surface area contributed by atoms with Gasteiger partial charge in [0.15, 0.2) is 0 Å². The molecule has 0 bridgehead atoms. The van der Waals surface area contributed by atoms with Gasteiger partial charge in [-0.1, -0.05) is 95.2 Å². The minimum atomic E-state index is 0.179.